The number of sulfonamides is 1. The summed E-state index contributed by atoms with van der Waals surface area (Å²) in [6.07, 6.45) is 0.252. The van der Waals surface area contributed by atoms with E-state index in [0.717, 1.165) is 15.4 Å². The number of carbonyl (C=O) groups is 2. The average Bonchev–Trinajstić information content (AvgIpc) is 3.00. The van der Waals surface area contributed by atoms with Crippen molar-refractivity contribution in [3.63, 3.8) is 0 Å². The third-order valence-corrected chi connectivity index (χ3v) is 8.91. The van der Waals surface area contributed by atoms with E-state index in [9.17, 15) is 18.0 Å². The Bertz CT molecular complexity index is 1600. The van der Waals surface area contributed by atoms with E-state index in [4.69, 9.17) is 11.6 Å². The highest BCUT2D eigenvalue weighted by atomic mass is 35.5. The molecule has 1 N–H and O–H groups in total. The molecule has 0 aliphatic heterocycles. The van der Waals surface area contributed by atoms with Crippen LogP contribution < -0.4 is 9.62 Å². The van der Waals surface area contributed by atoms with Gasteiger partial charge in [-0.3, -0.25) is 13.9 Å². The van der Waals surface area contributed by atoms with Crippen molar-refractivity contribution in [3.8, 4) is 0 Å². The quantitative estimate of drug-likeness (QED) is 0.228. The van der Waals surface area contributed by atoms with Crippen LogP contribution in [0.2, 0.25) is 5.02 Å². The Balaban J connectivity index is 1.79. The van der Waals surface area contributed by atoms with Gasteiger partial charge in [0.25, 0.3) is 10.0 Å². The van der Waals surface area contributed by atoms with Crippen LogP contribution in [0.5, 0.6) is 0 Å². The molecule has 0 fully saturated rings. The van der Waals surface area contributed by atoms with Crippen molar-refractivity contribution < 1.29 is 18.0 Å². The second kappa shape index (κ2) is 14.2. The van der Waals surface area contributed by atoms with Gasteiger partial charge in [-0.2, -0.15) is 0 Å². The third-order valence-electron chi connectivity index (χ3n) is 6.88. The SMILES string of the molecule is CCNC(=O)C(Cc1ccccc1)N(Cc1ccc(Cl)cc1)C(=O)CN(c1ccccc1C)S(=O)(=O)c1ccccc1. The smallest absolute Gasteiger partial charge is 0.264 e. The molecule has 4 aromatic carbocycles. The standard InChI is InChI=1S/C33H34ClN3O4S/c1-3-35-33(39)31(22-26-13-6-4-7-14-26)36(23-27-18-20-28(34)21-19-27)32(38)24-37(30-17-11-10-12-25(30)2)42(40,41)29-15-8-5-9-16-29/h4-21,31H,3,22-24H2,1-2H3,(H,35,39). The van der Waals surface area contributed by atoms with Crippen LogP contribution in [-0.2, 0) is 32.6 Å². The molecule has 42 heavy (non-hydrogen) atoms. The summed E-state index contributed by atoms with van der Waals surface area (Å²) in [4.78, 5) is 29.4. The number of nitrogens with zero attached hydrogens (tertiary/aromatic N) is 2. The van der Waals surface area contributed by atoms with E-state index in [1.807, 2.05) is 43.3 Å². The summed E-state index contributed by atoms with van der Waals surface area (Å²) in [5.74, 6) is -0.836. The van der Waals surface area contributed by atoms with Gasteiger partial charge in [0.1, 0.15) is 12.6 Å². The fourth-order valence-corrected chi connectivity index (χ4v) is 6.33. The third kappa shape index (κ3) is 7.57. The zero-order chi connectivity index (χ0) is 30.1. The van der Waals surface area contributed by atoms with Crippen molar-refractivity contribution in [2.75, 3.05) is 17.4 Å². The highest BCUT2D eigenvalue weighted by Crippen LogP contribution is 2.27. The Morgan fingerprint density at radius 3 is 2.02 bits per heavy atom. The molecule has 0 aliphatic rings. The van der Waals surface area contributed by atoms with Crippen LogP contribution in [0, 0.1) is 6.92 Å². The number of hydrogen-bond acceptors (Lipinski definition) is 4. The zero-order valence-corrected chi connectivity index (χ0v) is 25.2. The molecule has 0 radical (unpaired) electrons. The molecule has 1 atom stereocenters. The Hall–Kier alpha value is -4.14. The monoisotopic (exact) mass is 603 g/mol. The molecule has 0 bridgehead atoms. The minimum atomic E-state index is -4.13. The van der Waals surface area contributed by atoms with Crippen LogP contribution >= 0.6 is 11.6 Å². The van der Waals surface area contributed by atoms with Gasteiger partial charge in [0, 0.05) is 24.5 Å². The van der Waals surface area contributed by atoms with Crippen LogP contribution in [0.4, 0.5) is 5.69 Å². The Morgan fingerprint density at radius 2 is 1.40 bits per heavy atom. The van der Waals surface area contributed by atoms with Crippen LogP contribution in [0.3, 0.4) is 0 Å². The number of carbonyl (C=O) groups excluding carboxylic acids is 2. The molecule has 2 amide bonds. The van der Waals surface area contributed by atoms with Gasteiger partial charge in [-0.25, -0.2) is 8.42 Å². The first kappa shape index (κ1) is 30.8. The minimum absolute atomic E-state index is 0.0647. The lowest BCUT2D eigenvalue weighted by Crippen LogP contribution is -2.53. The van der Waals surface area contributed by atoms with Crippen molar-refractivity contribution in [2.24, 2.45) is 0 Å². The van der Waals surface area contributed by atoms with Crippen molar-refractivity contribution >= 4 is 39.1 Å². The number of nitrogens with one attached hydrogen (secondary N) is 1. The summed E-state index contributed by atoms with van der Waals surface area (Å²) in [5, 5.41) is 3.40. The molecule has 0 heterocycles. The second-order valence-electron chi connectivity index (χ2n) is 9.86. The lowest BCUT2D eigenvalue weighted by atomic mass is 10.0. The van der Waals surface area contributed by atoms with E-state index in [2.05, 4.69) is 5.32 Å². The molecule has 0 saturated heterocycles. The van der Waals surface area contributed by atoms with Crippen molar-refractivity contribution in [1.82, 2.24) is 10.2 Å². The highest BCUT2D eigenvalue weighted by molar-refractivity contribution is 7.92. The molecule has 0 saturated carbocycles. The van der Waals surface area contributed by atoms with Crippen LogP contribution in [-0.4, -0.2) is 44.3 Å². The predicted molar refractivity (Wildman–Crippen MR) is 167 cm³/mol. The normalized spacial score (nSPS) is 11.9. The molecule has 218 valence electrons. The highest BCUT2D eigenvalue weighted by Gasteiger charge is 2.34. The van der Waals surface area contributed by atoms with Gasteiger partial charge < -0.3 is 10.2 Å². The first-order chi connectivity index (χ1) is 20.2. The van der Waals surface area contributed by atoms with Gasteiger partial charge in [-0.05, 0) is 60.9 Å². The van der Waals surface area contributed by atoms with Crippen LogP contribution in [0.15, 0.2) is 114 Å². The van der Waals surface area contributed by atoms with E-state index in [0.29, 0.717) is 22.8 Å². The van der Waals surface area contributed by atoms with Gasteiger partial charge in [-0.15, -0.1) is 0 Å². The largest absolute Gasteiger partial charge is 0.355 e. The number of anilines is 1. The molecule has 4 aromatic rings. The molecule has 0 aliphatic carbocycles. The summed E-state index contributed by atoms with van der Waals surface area (Å²) in [7, 11) is -4.13. The molecule has 9 heteroatoms. The van der Waals surface area contributed by atoms with Gasteiger partial charge in [-0.1, -0.05) is 90.5 Å². The maximum Gasteiger partial charge on any atom is 0.264 e. The average molecular weight is 604 g/mol. The number of rotatable bonds is 12. The molecule has 1 unspecified atom stereocenters. The van der Waals surface area contributed by atoms with Gasteiger partial charge in [0.05, 0.1) is 10.6 Å². The van der Waals surface area contributed by atoms with Gasteiger partial charge in [0.15, 0.2) is 0 Å². The molecule has 4 rings (SSSR count). The fraction of sp³-hybridized carbons (Fsp3) is 0.212. The molecular weight excluding hydrogens is 570 g/mol. The number of halogens is 1. The number of aryl methyl sites for hydroxylation is 1. The van der Waals surface area contributed by atoms with Crippen molar-refractivity contribution in [3.05, 3.63) is 131 Å². The topological polar surface area (TPSA) is 86.8 Å². The predicted octanol–water partition coefficient (Wildman–Crippen LogP) is 5.62. The van der Waals surface area contributed by atoms with Crippen molar-refractivity contribution in [2.45, 2.75) is 37.8 Å². The summed E-state index contributed by atoms with van der Waals surface area (Å²) >= 11 is 6.11. The second-order valence-corrected chi connectivity index (χ2v) is 12.2. The number of hydrogen-bond donors (Lipinski definition) is 1. The lowest BCUT2D eigenvalue weighted by Gasteiger charge is -2.34. The minimum Gasteiger partial charge on any atom is -0.355 e. The van der Waals surface area contributed by atoms with Crippen LogP contribution in [0.1, 0.15) is 23.6 Å². The summed E-state index contributed by atoms with van der Waals surface area (Å²) in [6, 6.07) is 30.6. The van der Waals surface area contributed by atoms with E-state index in [-0.39, 0.29) is 23.8 Å². The van der Waals surface area contributed by atoms with E-state index in [1.165, 1.54) is 17.0 Å². The maximum atomic E-state index is 14.3. The first-order valence-electron chi connectivity index (χ1n) is 13.7. The van der Waals surface area contributed by atoms with Crippen LogP contribution in [0.25, 0.3) is 0 Å². The fourth-order valence-electron chi connectivity index (χ4n) is 4.71. The van der Waals surface area contributed by atoms with Crippen molar-refractivity contribution in [1.29, 1.82) is 0 Å². The maximum absolute atomic E-state index is 14.3. The number of likely N-dealkylation sites (N-methyl/N-ethyl adjacent to an activating group) is 1. The summed E-state index contributed by atoms with van der Waals surface area (Å²) in [5.41, 5.74) is 2.70. The molecule has 0 spiro atoms. The Morgan fingerprint density at radius 1 is 0.810 bits per heavy atom. The van der Waals surface area contributed by atoms with E-state index >= 15 is 0 Å². The Labute approximate surface area is 252 Å². The molecule has 7 nitrogen and oxygen atoms in total. The van der Waals surface area contributed by atoms with E-state index in [1.54, 1.807) is 67.6 Å². The molecule has 0 aromatic heterocycles. The lowest BCUT2D eigenvalue weighted by molar-refractivity contribution is -0.140. The van der Waals surface area contributed by atoms with Gasteiger partial charge >= 0.3 is 0 Å². The molecular formula is C33H34ClN3O4S. The van der Waals surface area contributed by atoms with E-state index < -0.39 is 28.5 Å². The van der Waals surface area contributed by atoms with Gasteiger partial charge in [0.2, 0.25) is 11.8 Å². The number of amides is 2. The zero-order valence-electron chi connectivity index (χ0n) is 23.6. The number of benzene rings is 4. The number of para-hydroxylation sites is 1. The first-order valence-corrected chi connectivity index (χ1v) is 15.5. The Kier molecular flexibility index (Phi) is 10.4. The summed E-state index contributed by atoms with van der Waals surface area (Å²) < 4.78 is 29.1. The summed E-state index contributed by atoms with van der Waals surface area (Å²) in [6.45, 7) is 3.57.